The SMILES string of the molecule is O=C(c1ccccc1)c1sc(Nc2ccccc2)c2c1CCCCC2. The van der Waals surface area contributed by atoms with Gasteiger partial charge in [-0.2, -0.15) is 0 Å². The van der Waals surface area contributed by atoms with Crippen molar-refractivity contribution >= 4 is 27.8 Å². The zero-order valence-corrected chi connectivity index (χ0v) is 14.9. The van der Waals surface area contributed by atoms with Crippen molar-refractivity contribution in [2.75, 3.05) is 5.32 Å². The Balaban J connectivity index is 1.75. The van der Waals surface area contributed by atoms with Crippen LogP contribution in [0.2, 0.25) is 0 Å². The van der Waals surface area contributed by atoms with Gasteiger partial charge in [-0.1, -0.05) is 55.0 Å². The van der Waals surface area contributed by atoms with Gasteiger partial charge in [-0.05, 0) is 48.9 Å². The lowest BCUT2D eigenvalue weighted by Gasteiger charge is -2.07. The molecule has 0 saturated carbocycles. The molecule has 1 aliphatic rings. The molecule has 0 atom stereocenters. The Hall–Kier alpha value is -2.39. The minimum Gasteiger partial charge on any atom is -0.347 e. The van der Waals surface area contributed by atoms with Crippen LogP contribution in [0.1, 0.15) is 45.6 Å². The number of rotatable bonds is 4. The fourth-order valence-corrected chi connectivity index (χ4v) is 4.75. The van der Waals surface area contributed by atoms with Gasteiger partial charge in [0.15, 0.2) is 0 Å². The maximum atomic E-state index is 13.1. The third-order valence-electron chi connectivity index (χ3n) is 4.74. The van der Waals surface area contributed by atoms with Crippen molar-refractivity contribution in [3.8, 4) is 0 Å². The van der Waals surface area contributed by atoms with Gasteiger partial charge in [-0.25, -0.2) is 0 Å². The molecule has 0 fully saturated rings. The first kappa shape index (κ1) is 16.1. The van der Waals surface area contributed by atoms with Gasteiger partial charge in [-0.3, -0.25) is 4.79 Å². The zero-order valence-electron chi connectivity index (χ0n) is 14.1. The normalized spacial score (nSPS) is 13.8. The highest BCUT2D eigenvalue weighted by atomic mass is 32.1. The van der Waals surface area contributed by atoms with E-state index in [2.05, 4.69) is 17.4 Å². The van der Waals surface area contributed by atoms with Gasteiger partial charge in [0.2, 0.25) is 5.78 Å². The van der Waals surface area contributed by atoms with Gasteiger partial charge < -0.3 is 5.32 Å². The quantitative estimate of drug-likeness (QED) is 0.464. The van der Waals surface area contributed by atoms with Crippen molar-refractivity contribution < 1.29 is 4.79 Å². The summed E-state index contributed by atoms with van der Waals surface area (Å²) in [5, 5.41) is 4.69. The van der Waals surface area contributed by atoms with Crippen molar-refractivity contribution in [3.63, 3.8) is 0 Å². The number of thiophene rings is 1. The van der Waals surface area contributed by atoms with Gasteiger partial charge in [0.1, 0.15) is 0 Å². The summed E-state index contributed by atoms with van der Waals surface area (Å²) in [6, 6.07) is 19.9. The molecule has 0 bridgehead atoms. The summed E-state index contributed by atoms with van der Waals surface area (Å²) in [7, 11) is 0. The van der Waals surface area contributed by atoms with Crippen LogP contribution in [0.25, 0.3) is 0 Å². The van der Waals surface area contributed by atoms with Gasteiger partial charge in [0.05, 0.1) is 9.88 Å². The third kappa shape index (κ3) is 3.38. The molecule has 0 saturated heterocycles. The topological polar surface area (TPSA) is 29.1 Å². The van der Waals surface area contributed by atoms with Crippen LogP contribution in [0.5, 0.6) is 0 Å². The minimum atomic E-state index is 0.157. The van der Waals surface area contributed by atoms with Gasteiger partial charge in [0.25, 0.3) is 0 Å². The van der Waals surface area contributed by atoms with Crippen LogP contribution in [-0.2, 0) is 12.8 Å². The number of nitrogens with one attached hydrogen (secondary N) is 1. The molecule has 1 N–H and O–H groups in total. The van der Waals surface area contributed by atoms with Crippen molar-refractivity contribution in [1.82, 2.24) is 0 Å². The molecule has 0 radical (unpaired) electrons. The van der Waals surface area contributed by atoms with Crippen LogP contribution in [-0.4, -0.2) is 5.78 Å². The van der Waals surface area contributed by atoms with E-state index in [0.717, 1.165) is 34.0 Å². The Bertz CT molecular complexity index is 868. The number of benzene rings is 2. The molecular formula is C22H21NOS. The van der Waals surface area contributed by atoms with E-state index in [1.807, 2.05) is 48.5 Å². The number of fused-ring (bicyclic) bond motifs is 1. The van der Waals surface area contributed by atoms with E-state index in [-0.39, 0.29) is 5.78 Å². The zero-order chi connectivity index (χ0) is 17.1. The molecular weight excluding hydrogens is 326 g/mol. The molecule has 2 aromatic carbocycles. The Kier molecular flexibility index (Phi) is 4.66. The van der Waals surface area contributed by atoms with E-state index in [0.29, 0.717) is 0 Å². The molecule has 1 heterocycles. The Morgan fingerprint density at radius 3 is 2.16 bits per heavy atom. The van der Waals surface area contributed by atoms with E-state index < -0.39 is 0 Å². The number of ketones is 1. The third-order valence-corrected chi connectivity index (χ3v) is 5.93. The number of hydrogen-bond donors (Lipinski definition) is 1. The number of carbonyl (C=O) groups excluding carboxylic acids is 1. The highest BCUT2D eigenvalue weighted by Crippen LogP contribution is 2.40. The van der Waals surface area contributed by atoms with E-state index in [4.69, 9.17) is 0 Å². The molecule has 3 aromatic rings. The second-order valence-corrected chi connectivity index (χ2v) is 7.48. The standard InChI is InChI=1S/C22H21NOS/c24-20(16-10-4-1-5-11-16)21-18-14-8-3-9-15-19(18)22(25-21)23-17-12-6-2-7-13-17/h1-2,4-7,10-13,23H,3,8-9,14-15H2. The first-order valence-electron chi connectivity index (χ1n) is 8.89. The van der Waals surface area contributed by atoms with Crippen LogP contribution in [0.15, 0.2) is 60.7 Å². The first-order valence-corrected chi connectivity index (χ1v) is 9.71. The summed E-state index contributed by atoms with van der Waals surface area (Å²) in [4.78, 5) is 14.0. The largest absolute Gasteiger partial charge is 0.347 e. The summed E-state index contributed by atoms with van der Waals surface area (Å²) in [6.07, 6.45) is 5.68. The first-order chi connectivity index (χ1) is 12.3. The summed E-state index contributed by atoms with van der Waals surface area (Å²) in [5.74, 6) is 0.157. The maximum absolute atomic E-state index is 13.1. The average molecular weight is 347 g/mol. The predicted octanol–water partition coefficient (Wildman–Crippen LogP) is 5.99. The van der Waals surface area contributed by atoms with Crippen molar-refractivity contribution in [1.29, 1.82) is 0 Å². The molecule has 1 aliphatic carbocycles. The smallest absolute Gasteiger partial charge is 0.203 e. The lowest BCUT2D eigenvalue weighted by Crippen LogP contribution is -2.02. The van der Waals surface area contributed by atoms with Gasteiger partial charge in [0, 0.05) is 11.3 Å². The summed E-state index contributed by atoms with van der Waals surface area (Å²) in [6.45, 7) is 0. The number of para-hydroxylation sites is 1. The van der Waals surface area contributed by atoms with E-state index in [1.165, 1.54) is 30.4 Å². The molecule has 126 valence electrons. The summed E-state index contributed by atoms with van der Waals surface area (Å²) < 4.78 is 0. The second-order valence-electron chi connectivity index (χ2n) is 6.46. The number of carbonyl (C=O) groups is 1. The molecule has 0 spiro atoms. The lowest BCUT2D eigenvalue weighted by molar-refractivity contribution is 0.104. The van der Waals surface area contributed by atoms with E-state index in [1.54, 1.807) is 11.3 Å². The molecule has 0 aliphatic heterocycles. The maximum Gasteiger partial charge on any atom is 0.203 e. The van der Waals surface area contributed by atoms with Crippen LogP contribution >= 0.6 is 11.3 Å². The van der Waals surface area contributed by atoms with Crippen LogP contribution in [0.4, 0.5) is 10.7 Å². The fourth-order valence-electron chi connectivity index (χ4n) is 3.47. The number of hydrogen-bond acceptors (Lipinski definition) is 3. The highest BCUT2D eigenvalue weighted by molar-refractivity contribution is 7.18. The fraction of sp³-hybridized carbons (Fsp3) is 0.227. The van der Waals surface area contributed by atoms with Crippen molar-refractivity contribution in [2.24, 2.45) is 0 Å². The molecule has 1 aromatic heterocycles. The van der Waals surface area contributed by atoms with E-state index >= 15 is 0 Å². The summed E-state index contributed by atoms with van der Waals surface area (Å²) >= 11 is 1.62. The number of anilines is 2. The predicted molar refractivity (Wildman–Crippen MR) is 105 cm³/mol. The van der Waals surface area contributed by atoms with E-state index in [9.17, 15) is 4.79 Å². The van der Waals surface area contributed by atoms with Crippen LogP contribution in [0.3, 0.4) is 0 Å². The monoisotopic (exact) mass is 347 g/mol. The molecule has 4 rings (SSSR count). The van der Waals surface area contributed by atoms with Crippen LogP contribution in [0, 0.1) is 0 Å². The molecule has 0 unspecified atom stereocenters. The molecule has 0 amide bonds. The van der Waals surface area contributed by atoms with Crippen molar-refractivity contribution in [2.45, 2.75) is 32.1 Å². The van der Waals surface area contributed by atoms with Gasteiger partial charge >= 0.3 is 0 Å². The lowest BCUT2D eigenvalue weighted by atomic mass is 10.0. The highest BCUT2D eigenvalue weighted by Gasteiger charge is 2.24. The Labute approximate surface area is 152 Å². The van der Waals surface area contributed by atoms with Gasteiger partial charge in [-0.15, -0.1) is 11.3 Å². The second kappa shape index (κ2) is 7.24. The molecule has 2 nitrogen and oxygen atoms in total. The van der Waals surface area contributed by atoms with Crippen molar-refractivity contribution in [3.05, 3.63) is 82.2 Å². The minimum absolute atomic E-state index is 0.157. The molecule has 3 heteroatoms. The average Bonchev–Trinajstić information content (AvgIpc) is 2.84. The van der Waals surface area contributed by atoms with Crippen LogP contribution < -0.4 is 5.32 Å². The Morgan fingerprint density at radius 1 is 0.800 bits per heavy atom. The molecule has 25 heavy (non-hydrogen) atoms. The summed E-state index contributed by atoms with van der Waals surface area (Å²) in [5.41, 5.74) is 4.48. The Morgan fingerprint density at radius 2 is 1.44 bits per heavy atom.